The highest BCUT2D eigenvalue weighted by molar-refractivity contribution is 5.94. The van der Waals surface area contributed by atoms with E-state index in [1.54, 1.807) is 12.1 Å². The quantitative estimate of drug-likeness (QED) is 0.325. The van der Waals surface area contributed by atoms with E-state index in [0.29, 0.717) is 17.2 Å². The van der Waals surface area contributed by atoms with Gasteiger partial charge in [0.15, 0.2) is 0 Å². The van der Waals surface area contributed by atoms with Gasteiger partial charge in [0.05, 0.1) is 11.0 Å². The molecule has 1 aliphatic heterocycles. The second kappa shape index (κ2) is 8.43. The van der Waals surface area contributed by atoms with Gasteiger partial charge < -0.3 is 9.84 Å². The van der Waals surface area contributed by atoms with E-state index in [0.717, 1.165) is 55.5 Å². The number of nitro groups is 1. The highest BCUT2D eigenvalue weighted by Gasteiger charge is 2.60. The number of benzene rings is 1. The number of fused-ring (bicyclic) bond motifs is 5. The second-order valence-corrected chi connectivity index (χ2v) is 12.3. The molecule has 4 aliphatic carbocycles. The Labute approximate surface area is 208 Å². The highest BCUT2D eigenvalue weighted by Crippen LogP contribution is 2.67. The van der Waals surface area contributed by atoms with E-state index in [1.807, 2.05) is 0 Å². The van der Waals surface area contributed by atoms with Crippen LogP contribution >= 0.6 is 0 Å². The van der Waals surface area contributed by atoms with Crippen LogP contribution in [0.5, 0.6) is 0 Å². The Kier molecular flexibility index (Phi) is 5.59. The van der Waals surface area contributed by atoms with E-state index in [1.165, 1.54) is 49.8 Å². The first-order chi connectivity index (χ1) is 16.8. The first kappa shape index (κ1) is 23.2. The summed E-state index contributed by atoms with van der Waals surface area (Å²) in [6.07, 6.45) is 12.7. The van der Waals surface area contributed by atoms with E-state index >= 15 is 0 Å². The molecule has 6 rings (SSSR count). The zero-order chi connectivity index (χ0) is 24.4. The lowest BCUT2D eigenvalue weighted by Gasteiger charge is -2.58. The molecule has 6 heteroatoms. The number of rotatable bonds is 3. The molecule has 8 atom stereocenters. The lowest BCUT2D eigenvalue weighted by Crippen LogP contribution is -2.51. The molecular weight excluding hydrogens is 440 g/mol. The molecule has 0 amide bonds. The third-order valence-electron chi connectivity index (χ3n) is 10.9. The van der Waals surface area contributed by atoms with Crippen molar-refractivity contribution >= 4 is 11.6 Å². The summed E-state index contributed by atoms with van der Waals surface area (Å²) in [6.45, 7) is 5.79. The first-order valence-corrected chi connectivity index (χ1v) is 13.6. The molecule has 5 aliphatic rings. The minimum absolute atomic E-state index is 0.0930. The molecule has 1 aromatic carbocycles. The van der Waals surface area contributed by atoms with Crippen LogP contribution in [0, 0.1) is 44.6 Å². The van der Waals surface area contributed by atoms with Crippen molar-refractivity contribution in [2.45, 2.75) is 83.8 Å². The zero-order valence-electron chi connectivity index (χ0n) is 21.0. The maximum absolute atomic E-state index is 11.0. The van der Waals surface area contributed by atoms with E-state index in [-0.39, 0.29) is 28.2 Å². The monoisotopic (exact) mass is 478 g/mol. The van der Waals surface area contributed by atoms with E-state index < -0.39 is 0 Å². The molecule has 1 heterocycles. The number of non-ortho nitro benzene ring substituents is 1. The smallest absolute Gasteiger partial charge is 0.269 e. The fourth-order valence-electron chi connectivity index (χ4n) is 8.99. The molecule has 3 saturated carbocycles. The second-order valence-electron chi connectivity index (χ2n) is 12.3. The van der Waals surface area contributed by atoms with Crippen LogP contribution in [0.3, 0.4) is 0 Å². The molecule has 1 N–H and O–H groups in total. The number of ether oxygens (including phenoxy) is 1. The molecule has 1 unspecified atom stereocenters. The Morgan fingerprint density at radius 2 is 1.80 bits per heavy atom. The summed E-state index contributed by atoms with van der Waals surface area (Å²) in [5, 5.41) is 21.3. The third-order valence-corrected chi connectivity index (χ3v) is 10.9. The van der Waals surface area contributed by atoms with Crippen molar-refractivity contribution in [1.29, 1.82) is 0 Å². The fourth-order valence-corrected chi connectivity index (χ4v) is 8.99. The topological polar surface area (TPSA) is 85.0 Å². The van der Waals surface area contributed by atoms with Crippen LogP contribution in [0.4, 0.5) is 5.69 Å². The van der Waals surface area contributed by atoms with Crippen LogP contribution in [0.25, 0.3) is 0 Å². The number of hydrogen-bond acceptors (Lipinski definition) is 5. The maximum Gasteiger partial charge on any atom is 0.269 e. The minimum atomic E-state index is -0.370. The normalized spacial score (nSPS) is 42.6. The van der Waals surface area contributed by atoms with E-state index in [4.69, 9.17) is 4.74 Å². The Bertz CT molecular complexity index is 1060. The molecule has 6 nitrogen and oxygen atoms in total. The Morgan fingerprint density at radius 3 is 2.57 bits per heavy atom. The average Bonchev–Trinajstić information content (AvgIpc) is 3.22. The zero-order valence-corrected chi connectivity index (χ0v) is 21.0. The van der Waals surface area contributed by atoms with Crippen LogP contribution in [0.15, 0.2) is 40.9 Å². The van der Waals surface area contributed by atoms with Crippen molar-refractivity contribution < 1.29 is 14.8 Å². The summed E-state index contributed by atoms with van der Waals surface area (Å²) < 4.78 is 6.56. The van der Waals surface area contributed by atoms with Crippen LogP contribution in [-0.2, 0) is 4.74 Å². The van der Waals surface area contributed by atoms with Gasteiger partial charge in [0.2, 0.25) is 5.90 Å². The molecule has 3 fully saturated rings. The Morgan fingerprint density at radius 1 is 1.03 bits per heavy atom. The van der Waals surface area contributed by atoms with Crippen molar-refractivity contribution in [2.24, 2.45) is 39.5 Å². The number of nitrogens with zero attached hydrogens (tertiary/aromatic N) is 2. The van der Waals surface area contributed by atoms with E-state index in [2.05, 4.69) is 24.9 Å². The average molecular weight is 479 g/mol. The highest BCUT2D eigenvalue weighted by atomic mass is 16.6. The lowest BCUT2D eigenvalue weighted by atomic mass is 9.47. The van der Waals surface area contributed by atoms with Gasteiger partial charge in [0.25, 0.3) is 5.69 Å². The van der Waals surface area contributed by atoms with Gasteiger partial charge >= 0.3 is 0 Å². The lowest BCUT2D eigenvalue weighted by molar-refractivity contribution is -0.384. The number of hydrogen-bond donors (Lipinski definition) is 1. The molecule has 188 valence electrons. The molecule has 1 aromatic rings. The van der Waals surface area contributed by atoms with Crippen molar-refractivity contribution in [1.82, 2.24) is 0 Å². The number of aliphatic hydroxyl groups is 1. The van der Waals surface area contributed by atoms with Gasteiger partial charge in [-0.25, -0.2) is 0 Å². The number of aliphatic hydroxyl groups excluding tert-OH is 1. The van der Waals surface area contributed by atoms with Gasteiger partial charge in [-0.2, -0.15) is 0 Å². The van der Waals surface area contributed by atoms with Crippen molar-refractivity contribution in [3.63, 3.8) is 0 Å². The summed E-state index contributed by atoms with van der Waals surface area (Å²) in [6, 6.07) is 6.60. The first-order valence-electron chi connectivity index (χ1n) is 13.6. The molecule has 0 aromatic heterocycles. The molecule has 0 radical (unpaired) electrons. The number of aliphatic imine (C=N–C) groups is 1. The summed E-state index contributed by atoms with van der Waals surface area (Å²) in [5.74, 6) is 3.40. The summed E-state index contributed by atoms with van der Waals surface area (Å²) in [7, 11) is 0. The van der Waals surface area contributed by atoms with Crippen molar-refractivity contribution in [3.05, 3.63) is 51.6 Å². The van der Waals surface area contributed by atoms with Crippen LogP contribution in [0.2, 0.25) is 0 Å². The summed E-state index contributed by atoms with van der Waals surface area (Å²) in [5.41, 5.74) is 3.03. The van der Waals surface area contributed by atoms with Crippen LogP contribution < -0.4 is 0 Å². The van der Waals surface area contributed by atoms with Gasteiger partial charge in [-0.3, -0.25) is 15.1 Å². The Balaban J connectivity index is 1.20. The minimum Gasteiger partial charge on any atom is -0.474 e. The fraction of sp³-hybridized carbons (Fsp3) is 0.690. The standard InChI is InChI=1S/C29H38N2O4/c1-28-14-11-21(32)17-19(28)5-8-22-23-9-10-25(29(23,2)15-12-24(22)28)26-13-16-30-27(35-26)18-3-6-20(7-4-18)31(33)34/h3-7,21-26,32H,8-17H2,1-2H3/t21-,22-,23-,24-,25+,26?,28-,29-/m0/s1. The summed E-state index contributed by atoms with van der Waals surface area (Å²) in [4.78, 5) is 15.3. The molecular formula is C29H38N2O4. The molecule has 35 heavy (non-hydrogen) atoms. The van der Waals surface area contributed by atoms with Gasteiger partial charge in [-0.15, -0.1) is 0 Å². The largest absolute Gasteiger partial charge is 0.474 e. The number of nitro benzene ring substituents is 1. The van der Waals surface area contributed by atoms with Gasteiger partial charge in [-0.05, 0) is 92.1 Å². The SMILES string of the molecule is C[C@]12CC[C@H]3[C@@H](CC=C4C[C@@H](O)CC[C@@]43C)[C@@H]1CC[C@@H]2C1CCN=C(c2ccc([N+](=O)[O-])cc2)O1. The molecule has 0 spiro atoms. The van der Waals surface area contributed by atoms with Gasteiger partial charge in [0, 0.05) is 36.6 Å². The van der Waals surface area contributed by atoms with Crippen LogP contribution in [-0.4, -0.2) is 34.7 Å². The molecule has 0 bridgehead atoms. The third kappa shape index (κ3) is 3.66. The number of allylic oxidation sites excluding steroid dienone is 1. The predicted octanol–water partition coefficient (Wildman–Crippen LogP) is 6.07. The summed E-state index contributed by atoms with van der Waals surface area (Å²) >= 11 is 0. The Hall–Kier alpha value is -2.21. The maximum atomic E-state index is 11.0. The van der Waals surface area contributed by atoms with E-state index in [9.17, 15) is 15.2 Å². The predicted molar refractivity (Wildman–Crippen MR) is 135 cm³/mol. The van der Waals surface area contributed by atoms with Gasteiger partial charge in [-0.1, -0.05) is 25.5 Å². The molecule has 0 saturated heterocycles. The van der Waals surface area contributed by atoms with Crippen molar-refractivity contribution in [2.75, 3.05) is 6.54 Å². The van der Waals surface area contributed by atoms with Crippen molar-refractivity contribution in [3.8, 4) is 0 Å². The van der Waals surface area contributed by atoms with Crippen LogP contribution in [0.1, 0.15) is 77.2 Å². The van der Waals surface area contributed by atoms with Gasteiger partial charge in [0.1, 0.15) is 6.10 Å².